The number of rotatable bonds is 7. The summed E-state index contributed by atoms with van der Waals surface area (Å²) in [5.74, 6) is 0.502. The lowest BCUT2D eigenvalue weighted by atomic mass is 10.1. The van der Waals surface area contributed by atoms with E-state index in [0.29, 0.717) is 10.9 Å². The minimum atomic E-state index is -0.244. The van der Waals surface area contributed by atoms with Crippen LogP contribution in [-0.2, 0) is 5.75 Å². The minimum absolute atomic E-state index is 0.244. The van der Waals surface area contributed by atoms with Crippen molar-refractivity contribution in [3.05, 3.63) is 107 Å². The van der Waals surface area contributed by atoms with E-state index in [2.05, 4.69) is 53.4 Å². The van der Waals surface area contributed by atoms with Crippen molar-refractivity contribution in [3.8, 4) is 0 Å². The molecule has 1 amide bonds. The van der Waals surface area contributed by atoms with Gasteiger partial charge in [0.25, 0.3) is 5.91 Å². The molecule has 0 aliphatic heterocycles. The predicted octanol–water partition coefficient (Wildman–Crippen LogP) is 6.79. The van der Waals surface area contributed by atoms with E-state index in [0.717, 1.165) is 21.2 Å². The molecular formula is C26H23N3OS2. The Morgan fingerprint density at radius 2 is 1.62 bits per heavy atom. The van der Waals surface area contributed by atoms with Crippen LogP contribution in [0.1, 0.15) is 27.2 Å². The predicted molar refractivity (Wildman–Crippen MR) is 132 cm³/mol. The maximum absolute atomic E-state index is 13.1. The standard InChI is InChI=1S/C26H23N3OS2/c1-18-12-14-22(15-13-18)32-23-16-27-26(31-17-20-9-7-6-8-19(20)2)29-24(23)25(30)28-21-10-4-3-5-11-21/h3-16H,17H2,1-2H3,(H,28,30). The molecule has 3 aromatic carbocycles. The van der Waals surface area contributed by atoms with Crippen LogP contribution in [0.2, 0.25) is 0 Å². The van der Waals surface area contributed by atoms with E-state index < -0.39 is 0 Å². The summed E-state index contributed by atoms with van der Waals surface area (Å²) in [6.45, 7) is 4.15. The molecule has 4 aromatic rings. The summed E-state index contributed by atoms with van der Waals surface area (Å²) in [7, 11) is 0. The highest BCUT2D eigenvalue weighted by Crippen LogP contribution is 2.31. The summed E-state index contributed by atoms with van der Waals surface area (Å²) < 4.78 is 0. The van der Waals surface area contributed by atoms with Gasteiger partial charge in [-0.2, -0.15) is 0 Å². The van der Waals surface area contributed by atoms with Crippen molar-refractivity contribution in [2.24, 2.45) is 0 Å². The summed E-state index contributed by atoms with van der Waals surface area (Å²) in [5, 5.41) is 3.53. The van der Waals surface area contributed by atoms with Gasteiger partial charge in [0.2, 0.25) is 0 Å². The second-order valence-electron chi connectivity index (χ2n) is 7.32. The molecule has 1 aromatic heterocycles. The first kappa shape index (κ1) is 22.1. The fourth-order valence-electron chi connectivity index (χ4n) is 3.02. The van der Waals surface area contributed by atoms with Gasteiger partial charge in [-0.25, -0.2) is 9.97 Å². The number of anilines is 1. The monoisotopic (exact) mass is 457 g/mol. The van der Waals surface area contributed by atoms with Gasteiger partial charge >= 0.3 is 0 Å². The molecule has 0 aliphatic rings. The molecule has 0 unspecified atom stereocenters. The van der Waals surface area contributed by atoms with Crippen LogP contribution in [-0.4, -0.2) is 15.9 Å². The average Bonchev–Trinajstić information content (AvgIpc) is 2.81. The van der Waals surface area contributed by atoms with Crippen molar-refractivity contribution in [1.29, 1.82) is 0 Å². The molecule has 4 rings (SSSR count). The average molecular weight is 458 g/mol. The number of hydrogen-bond acceptors (Lipinski definition) is 5. The van der Waals surface area contributed by atoms with Crippen molar-refractivity contribution in [3.63, 3.8) is 0 Å². The summed E-state index contributed by atoms with van der Waals surface area (Å²) >= 11 is 3.02. The molecular weight excluding hydrogens is 434 g/mol. The van der Waals surface area contributed by atoms with E-state index in [-0.39, 0.29) is 5.91 Å². The summed E-state index contributed by atoms with van der Waals surface area (Å²) in [5.41, 5.74) is 4.76. The molecule has 0 saturated carbocycles. The second-order valence-corrected chi connectivity index (χ2v) is 9.37. The normalized spacial score (nSPS) is 10.7. The van der Waals surface area contributed by atoms with Gasteiger partial charge in [0.15, 0.2) is 5.16 Å². The Hall–Kier alpha value is -3.09. The number of amides is 1. The van der Waals surface area contributed by atoms with Gasteiger partial charge in [-0.05, 0) is 49.2 Å². The zero-order chi connectivity index (χ0) is 22.3. The van der Waals surface area contributed by atoms with E-state index in [1.54, 1.807) is 6.20 Å². The van der Waals surface area contributed by atoms with E-state index in [4.69, 9.17) is 0 Å². The number of thioether (sulfide) groups is 1. The van der Waals surface area contributed by atoms with Gasteiger partial charge in [-0.3, -0.25) is 4.79 Å². The topological polar surface area (TPSA) is 54.9 Å². The van der Waals surface area contributed by atoms with Gasteiger partial charge < -0.3 is 5.32 Å². The van der Waals surface area contributed by atoms with Crippen molar-refractivity contribution < 1.29 is 4.79 Å². The molecule has 0 bridgehead atoms. The van der Waals surface area contributed by atoms with Crippen LogP contribution in [0.3, 0.4) is 0 Å². The Balaban J connectivity index is 1.60. The number of aromatic nitrogens is 2. The number of para-hydroxylation sites is 1. The van der Waals surface area contributed by atoms with Crippen LogP contribution in [0.15, 0.2) is 100 Å². The quantitative estimate of drug-likeness (QED) is 0.245. The fraction of sp³-hybridized carbons (Fsp3) is 0.115. The third-order valence-electron chi connectivity index (χ3n) is 4.85. The smallest absolute Gasteiger partial charge is 0.275 e. The number of carbonyl (C=O) groups is 1. The molecule has 0 radical (unpaired) electrons. The Bertz CT molecular complexity index is 1210. The molecule has 32 heavy (non-hydrogen) atoms. The van der Waals surface area contributed by atoms with Crippen LogP contribution < -0.4 is 5.32 Å². The molecule has 0 spiro atoms. The number of nitrogens with one attached hydrogen (secondary N) is 1. The van der Waals surface area contributed by atoms with Crippen LogP contribution in [0.25, 0.3) is 0 Å². The summed E-state index contributed by atoms with van der Waals surface area (Å²) in [4.78, 5) is 24.1. The van der Waals surface area contributed by atoms with E-state index in [1.165, 1.54) is 40.2 Å². The third-order valence-corrected chi connectivity index (χ3v) is 6.78. The highest BCUT2D eigenvalue weighted by molar-refractivity contribution is 7.99. The number of nitrogens with zero attached hydrogens (tertiary/aromatic N) is 2. The van der Waals surface area contributed by atoms with Gasteiger partial charge in [0, 0.05) is 22.5 Å². The molecule has 160 valence electrons. The SMILES string of the molecule is Cc1ccc(Sc2cnc(SCc3ccccc3C)nc2C(=O)Nc2ccccc2)cc1. The Kier molecular flexibility index (Phi) is 7.24. The lowest BCUT2D eigenvalue weighted by Crippen LogP contribution is -2.15. The molecule has 0 fully saturated rings. The Labute approximate surface area is 196 Å². The molecule has 0 atom stereocenters. The maximum atomic E-state index is 13.1. The van der Waals surface area contributed by atoms with E-state index in [9.17, 15) is 4.79 Å². The number of carbonyl (C=O) groups excluding carboxylic acids is 1. The molecule has 1 N–H and O–H groups in total. The first-order valence-electron chi connectivity index (χ1n) is 10.2. The van der Waals surface area contributed by atoms with Gasteiger partial charge in [-0.15, -0.1) is 0 Å². The van der Waals surface area contributed by atoms with Crippen LogP contribution in [0, 0.1) is 13.8 Å². The lowest BCUT2D eigenvalue weighted by Gasteiger charge is -2.11. The van der Waals surface area contributed by atoms with Gasteiger partial charge in [0.05, 0.1) is 4.90 Å². The molecule has 0 saturated heterocycles. The molecule has 0 aliphatic carbocycles. The van der Waals surface area contributed by atoms with E-state index >= 15 is 0 Å². The van der Waals surface area contributed by atoms with Crippen molar-refractivity contribution in [2.45, 2.75) is 34.5 Å². The first-order chi connectivity index (χ1) is 15.6. The maximum Gasteiger partial charge on any atom is 0.275 e. The Morgan fingerprint density at radius 1 is 0.906 bits per heavy atom. The fourth-order valence-corrected chi connectivity index (χ4v) is 4.78. The molecule has 6 heteroatoms. The van der Waals surface area contributed by atoms with Crippen molar-refractivity contribution in [1.82, 2.24) is 9.97 Å². The molecule has 4 nitrogen and oxygen atoms in total. The number of hydrogen-bond donors (Lipinski definition) is 1. The summed E-state index contributed by atoms with van der Waals surface area (Å²) in [6, 6.07) is 25.9. The number of aryl methyl sites for hydroxylation is 2. The van der Waals surface area contributed by atoms with Crippen LogP contribution in [0.4, 0.5) is 5.69 Å². The highest BCUT2D eigenvalue weighted by atomic mass is 32.2. The molecule has 1 heterocycles. The largest absolute Gasteiger partial charge is 0.321 e. The Morgan fingerprint density at radius 3 is 2.38 bits per heavy atom. The van der Waals surface area contributed by atoms with Crippen molar-refractivity contribution >= 4 is 35.1 Å². The van der Waals surface area contributed by atoms with E-state index in [1.807, 2.05) is 54.6 Å². The number of benzene rings is 3. The third kappa shape index (κ3) is 5.78. The zero-order valence-electron chi connectivity index (χ0n) is 17.9. The van der Waals surface area contributed by atoms with Gasteiger partial charge in [0.1, 0.15) is 5.69 Å². The zero-order valence-corrected chi connectivity index (χ0v) is 19.5. The lowest BCUT2D eigenvalue weighted by molar-refractivity contribution is 0.101. The summed E-state index contributed by atoms with van der Waals surface area (Å²) in [6.07, 6.45) is 1.75. The van der Waals surface area contributed by atoms with Crippen LogP contribution in [0.5, 0.6) is 0 Å². The first-order valence-corrected chi connectivity index (χ1v) is 12.0. The van der Waals surface area contributed by atoms with Crippen molar-refractivity contribution in [2.75, 3.05) is 5.32 Å². The van der Waals surface area contributed by atoms with Gasteiger partial charge in [-0.1, -0.05) is 83.7 Å². The second kappa shape index (κ2) is 10.5. The highest BCUT2D eigenvalue weighted by Gasteiger charge is 2.17. The minimum Gasteiger partial charge on any atom is -0.321 e. The van der Waals surface area contributed by atoms with Crippen LogP contribution >= 0.6 is 23.5 Å².